The van der Waals surface area contributed by atoms with Crippen LogP contribution in [0.25, 0.3) is 0 Å². The Morgan fingerprint density at radius 3 is 2.67 bits per heavy atom. The van der Waals surface area contributed by atoms with Crippen LogP contribution in [0, 0.1) is 6.79 Å². The monoisotopic (exact) mass is 472 g/mol. The van der Waals surface area contributed by atoms with Crippen molar-refractivity contribution < 1.29 is 48.3 Å². The molecule has 0 bridgehead atoms. The largest absolute Gasteiger partial charge is 0.623 e. The summed E-state index contributed by atoms with van der Waals surface area (Å²) in [6, 6.07) is 0. The molecule has 1 fully saturated rings. The van der Waals surface area contributed by atoms with Crippen molar-refractivity contribution in [3.63, 3.8) is 0 Å². The SMILES string of the molecule is NCCCOC(=O)O[CH-]OC1=C(C2=C(N)C=C(N)CC2)C(O)OC12CCCCC2.[Zn]. The van der Waals surface area contributed by atoms with Crippen LogP contribution in [0.4, 0.5) is 4.79 Å². The first-order chi connectivity index (χ1) is 14.0. The third-order valence-corrected chi connectivity index (χ3v) is 5.46. The fourth-order valence-corrected chi connectivity index (χ4v) is 4.06. The van der Waals surface area contributed by atoms with Gasteiger partial charge in [0.1, 0.15) is 11.4 Å². The van der Waals surface area contributed by atoms with Crippen molar-refractivity contribution >= 4 is 6.16 Å². The molecule has 1 atom stereocenters. The molecule has 164 valence electrons. The van der Waals surface area contributed by atoms with E-state index in [1.54, 1.807) is 6.08 Å². The van der Waals surface area contributed by atoms with Crippen molar-refractivity contribution in [3.05, 3.63) is 41.2 Å². The van der Waals surface area contributed by atoms with E-state index in [9.17, 15) is 9.90 Å². The minimum atomic E-state index is -1.17. The molecule has 0 aromatic heterocycles. The summed E-state index contributed by atoms with van der Waals surface area (Å²) < 4.78 is 21.5. The predicted molar refractivity (Wildman–Crippen MR) is 104 cm³/mol. The van der Waals surface area contributed by atoms with Crippen LogP contribution in [0.2, 0.25) is 0 Å². The zero-order valence-electron chi connectivity index (χ0n) is 17.2. The Bertz CT molecular complexity index is 715. The summed E-state index contributed by atoms with van der Waals surface area (Å²) in [5, 5.41) is 10.7. The van der Waals surface area contributed by atoms with E-state index in [2.05, 4.69) is 0 Å². The number of allylic oxidation sites excluding steroid dienone is 2. The van der Waals surface area contributed by atoms with Crippen molar-refractivity contribution in [3.8, 4) is 0 Å². The Balaban J connectivity index is 0.00000320. The molecule has 1 spiro atoms. The number of nitrogens with two attached hydrogens (primary N) is 3. The van der Waals surface area contributed by atoms with Crippen LogP contribution >= 0.6 is 0 Å². The quantitative estimate of drug-likeness (QED) is 0.187. The molecule has 0 amide bonds. The average Bonchev–Trinajstić information content (AvgIpc) is 2.93. The molecule has 1 aliphatic heterocycles. The molecule has 0 saturated heterocycles. The minimum absolute atomic E-state index is 0. The number of rotatable bonds is 7. The second-order valence-corrected chi connectivity index (χ2v) is 7.49. The first-order valence-corrected chi connectivity index (χ1v) is 10.0. The number of ether oxygens (including phenoxy) is 4. The van der Waals surface area contributed by atoms with Crippen molar-refractivity contribution in [1.29, 1.82) is 0 Å². The normalized spacial score (nSPS) is 23.1. The Morgan fingerprint density at radius 1 is 1.27 bits per heavy atom. The number of aliphatic hydroxyl groups excluding tert-OH is 1. The smallest absolute Gasteiger partial charge is 0.478 e. The molecule has 2 aliphatic carbocycles. The second kappa shape index (κ2) is 11.1. The Labute approximate surface area is 189 Å². The van der Waals surface area contributed by atoms with Gasteiger partial charge in [0.15, 0.2) is 6.29 Å². The maximum atomic E-state index is 11.7. The van der Waals surface area contributed by atoms with Gasteiger partial charge in [-0.3, -0.25) is 0 Å². The van der Waals surface area contributed by atoms with Gasteiger partial charge in [-0.1, -0.05) is 19.3 Å². The van der Waals surface area contributed by atoms with Crippen LogP contribution in [0.15, 0.2) is 34.4 Å². The van der Waals surface area contributed by atoms with Gasteiger partial charge in [0.25, 0.3) is 0 Å². The first kappa shape index (κ1) is 24.7. The number of hydrogen-bond donors (Lipinski definition) is 4. The predicted octanol–water partition coefficient (Wildman–Crippen LogP) is 1.78. The molecular formula is C20H30N3O6Zn-. The molecule has 30 heavy (non-hydrogen) atoms. The summed E-state index contributed by atoms with van der Waals surface area (Å²) in [5.41, 5.74) is 19.0. The summed E-state index contributed by atoms with van der Waals surface area (Å²) in [7, 11) is 0. The number of carbonyl (C=O) groups is 1. The summed E-state index contributed by atoms with van der Waals surface area (Å²) in [4.78, 5) is 11.7. The fraction of sp³-hybridized carbons (Fsp3) is 0.600. The van der Waals surface area contributed by atoms with E-state index in [0.29, 0.717) is 61.4 Å². The standard InChI is InChI=1S/C20H30N3O6.Zn/c21-9-4-10-26-19(25)28-12-27-17-16(14-6-5-13(22)11-15(14)23)18(24)29-20(17)7-2-1-3-8-20;/h11-12,18,24H,1-10,21-23H2;/q-1;. The zero-order valence-corrected chi connectivity index (χ0v) is 20.2. The zero-order chi connectivity index (χ0) is 20.9. The molecule has 1 unspecified atom stereocenters. The molecule has 3 aliphatic rings. The van der Waals surface area contributed by atoms with Gasteiger partial charge >= 0.3 is 6.16 Å². The van der Waals surface area contributed by atoms with Gasteiger partial charge in [-0.05, 0) is 50.3 Å². The third-order valence-electron chi connectivity index (χ3n) is 5.46. The fourth-order valence-electron chi connectivity index (χ4n) is 4.06. The maximum absolute atomic E-state index is 11.7. The van der Waals surface area contributed by atoms with Crippen LogP contribution in [-0.2, 0) is 38.4 Å². The molecule has 1 saturated carbocycles. The molecule has 7 N–H and O–H groups in total. The van der Waals surface area contributed by atoms with Gasteiger partial charge in [-0.25, -0.2) is 4.79 Å². The molecular weight excluding hydrogens is 444 g/mol. The average molecular weight is 474 g/mol. The van der Waals surface area contributed by atoms with E-state index in [0.717, 1.165) is 31.6 Å². The van der Waals surface area contributed by atoms with Crippen LogP contribution in [0.3, 0.4) is 0 Å². The summed E-state index contributed by atoms with van der Waals surface area (Å²) in [6.07, 6.45) is 5.73. The number of aliphatic hydroxyl groups is 1. The van der Waals surface area contributed by atoms with Gasteiger partial charge in [0.2, 0.25) is 0 Å². The van der Waals surface area contributed by atoms with E-state index >= 15 is 0 Å². The molecule has 0 radical (unpaired) electrons. The molecule has 0 aromatic rings. The van der Waals surface area contributed by atoms with Crippen LogP contribution < -0.4 is 17.2 Å². The van der Waals surface area contributed by atoms with Gasteiger partial charge in [-0.2, -0.15) is 0 Å². The topological polar surface area (TPSA) is 152 Å². The van der Waals surface area contributed by atoms with Gasteiger partial charge < -0.3 is 41.3 Å². The van der Waals surface area contributed by atoms with E-state index in [4.69, 9.17) is 36.1 Å². The third kappa shape index (κ3) is 5.55. The Kier molecular flexibility index (Phi) is 9.16. The van der Waals surface area contributed by atoms with Crippen LogP contribution in [0.1, 0.15) is 51.4 Å². The van der Waals surface area contributed by atoms with Gasteiger partial charge in [0.05, 0.1) is 12.2 Å². The van der Waals surface area contributed by atoms with E-state index in [-0.39, 0.29) is 26.1 Å². The van der Waals surface area contributed by atoms with Gasteiger partial charge in [0, 0.05) is 37.7 Å². The summed E-state index contributed by atoms with van der Waals surface area (Å²) in [6.45, 7) is 1.50. The first-order valence-electron chi connectivity index (χ1n) is 10.0. The van der Waals surface area contributed by atoms with Crippen LogP contribution in [-0.4, -0.2) is 36.3 Å². The van der Waals surface area contributed by atoms with E-state index in [1.807, 2.05) is 0 Å². The van der Waals surface area contributed by atoms with Crippen molar-refractivity contribution in [1.82, 2.24) is 0 Å². The second-order valence-electron chi connectivity index (χ2n) is 7.49. The van der Waals surface area contributed by atoms with Crippen LogP contribution in [0.5, 0.6) is 0 Å². The Hall–Kier alpha value is -1.61. The molecule has 3 rings (SSSR count). The van der Waals surface area contributed by atoms with Crippen molar-refractivity contribution in [2.24, 2.45) is 17.2 Å². The summed E-state index contributed by atoms with van der Waals surface area (Å²) >= 11 is 0. The van der Waals surface area contributed by atoms with Crippen molar-refractivity contribution in [2.75, 3.05) is 13.2 Å². The Morgan fingerprint density at radius 2 is 2.00 bits per heavy atom. The number of carbonyl (C=O) groups excluding carboxylic acids is 1. The van der Waals surface area contributed by atoms with E-state index < -0.39 is 18.0 Å². The summed E-state index contributed by atoms with van der Waals surface area (Å²) in [5.74, 6) is 0.436. The molecule has 10 heteroatoms. The molecule has 9 nitrogen and oxygen atoms in total. The number of hydrogen-bond acceptors (Lipinski definition) is 9. The molecule has 0 aromatic carbocycles. The van der Waals surface area contributed by atoms with Crippen molar-refractivity contribution in [2.45, 2.75) is 63.3 Å². The van der Waals surface area contributed by atoms with Gasteiger partial charge in [-0.15, -0.1) is 0 Å². The van der Waals surface area contributed by atoms with E-state index in [1.165, 1.54) is 0 Å². The minimum Gasteiger partial charge on any atom is -0.623 e. The molecule has 1 heterocycles. The maximum Gasteiger partial charge on any atom is 0.478 e.